The number of anilines is 1. The van der Waals surface area contributed by atoms with Gasteiger partial charge in [-0.05, 0) is 41.8 Å². The number of hydrogen-bond acceptors (Lipinski definition) is 5. The van der Waals surface area contributed by atoms with Crippen molar-refractivity contribution < 1.29 is 4.79 Å². The fourth-order valence-electron chi connectivity index (χ4n) is 3.57. The first-order valence-electron chi connectivity index (χ1n) is 10.2. The summed E-state index contributed by atoms with van der Waals surface area (Å²) in [6.45, 7) is 6.78. The summed E-state index contributed by atoms with van der Waals surface area (Å²) in [5.41, 5.74) is 2.40. The molecule has 1 aliphatic rings. The molecule has 1 fully saturated rings. The Morgan fingerprint density at radius 1 is 0.967 bits per heavy atom. The molecule has 0 spiro atoms. The van der Waals surface area contributed by atoms with Crippen LogP contribution in [0.15, 0.2) is 65.7 Å². The van der Waals surface area contributed by atoms with E-state index in [2.05, 4.69) is 28.8 Å². The van der Waals surface area contributed by atoms with E-state index < -0.39 is 0 Å². The number of rotatable bonds is 4. The zero-order chi connectivity index (χ0) is 21.1. The van der Waals surface area contributed by atoms with Gasteiger partial charge in [-0.3, -0.25) is 14.6 Å². The molecule has 0 atom stereocenters. The van der Waals surface area contributed by atoms with Gasteiger partial charge in [-0.1, -0.05) is 26.0 Å². The number of nitrogens with zero attached hydrogens (tertiary/aromatic N) is 5. The van der Waals surface area contributed by atoms with Crippen LogP contribution in [-0.2, 0) is 0 Å². The Morgan fingerprint density at radius 2 is 1.70 bits per heavy atom. The number of carbonyl (C=O) groups is 1. The third-order valence-electron chi connectivity index (χ3n) is 5.39. The fourth-order valence-corrected chi connectivity index (χ4v) is 3.57. The summed E-state index contributed by atoms with van der Waals surface area (Å²) in [5, 5.41) is 4.59. The number of piperazine rings is 1. The molecule has 4 rings (SSSR count). The Hall–Kier alpha value is -3.48. The van der Waals surface area contributed by atoms with Crippen LogP contribution in [0.25, 0.3) is 5.69 Å². The van der Waals surface area contributed by atoms with Crippen molar-refractivity contribution in [1.82, 2.24) is 19.7 Å². The molecular weight excluding hydrogens is 378 g/mol. The summed E-state index contributed by atoms with van der Waals surface area (Å²) in [6.07, 6.45) is 3.25. The normalized spacial score (nSPS) is 14.2. The quantitative estimate of drug-likeness (QED) is 0.670. The highest BCUT2D eigenvalue weighted by atomic mass is 16.2. The molecule has 1 amide bonds. The van der Waals surface area contributed by atoms with Gasteiger partial charge in [0.2, 0.25) is 0 Å². The molecule has 0 radical (unpaired) electrons. The lowest BCUT2D eigenvalue weighted by Crippen LogP contribution is -2.49. The van der Waals surface area contributed by atoms with Gasteiger partial charge in [0.25, 0.3) is 11.5 Å². The van der Waals surface area contributed by atoms with Crippen molar-refractivity contribution in [2.75, 3.05) is 31.1 Å². The first kappa shape index (κ1) is 19.8. The van der Waals surface area contributed by atoms with E-state index in [1.165, 1.54) is 10.2 Å². The maximum absolute atomic E-state index is 12.6. The number of benzene rings is 1. The molecule has 0 unspecified atom stereocenters. The van der Waals surface area contributed by atoms with Crippen molar-refractivity contribution in [3.63, 3.8) is 0 Å². The Labute approximate surface area is 175 Å². The van der Waals surface area contributed by atoms with E-state index in [4.69, 9.17) is 0 Å². The third-order valence-corrected chi connectivity index (χ3v) is 5.39. The molecule has 1 aliphatic heterocycles. The van der Waals surface area contributed by atoms with E-state index in [9.17, 15) is 9.59 Å². The highest BCUT2D eigenvalue weighted by molar-refractivity contribution is 5.94. The van der Waals surface area contributed by atoms with Crippen LogP contribution >= 0.6 is 0 Å². The Bertz CT molecular complexity index is 1070. The average molecular weight is 403 g/mol. The van der Waals surface area contributed by atoms with Gasteiger partial charge in [-0.15, -0.1) is 5.10 Å². The highest BCUT2D eigenvalue weighted by Crippen LogP contribution is 2.18. The lowest BCUT2D eigenvalue weighted by atomic mass is 10.0. The Morgan fingerprint density at radius 3 is 2.33 bits per heavy atom. The van der Waals surface area contributed by atoms with Gasteiger partial charge in [0.1, 0.15) is 5.82 Å². The molecule has 1 saturated heterocycles. The number of aromatic nitrogens is 3. The lowest BCUT2D eigenvalue weighted by molar-refractivity contribution is 0.0746. The van der Waals surface area contributed by atoms with E-state index >= 15 is 0 Å². The second kappa shape index (κ2) is 8.49. The molecule has 2 aromatic heterocycles. The second-order valence-corrected chi connectivity index (χ2v) is 7.71. The third kappa shape index (κ3) is 4.10. The molecule has 0 aliphatic carbocycles. The molecule has 3 aromatic rings. The number of pyridine rings is 1. The number of carbonyl (C=O) groups excluding carboxylic acids is 1. The van der Waals surface area contributed by atoms with Crippen molar-refractivity contribution in [2.24, 2.45) is 0 Å². The second-order valence-electron chi connectivity index (χ2n) is 7.71. The van der Waals surface area contributed by atoms with Crippen molar-refractivity contribution in [3.05, 3.63) is 82.4 Å². The number of hydrogen-bond donors (Lipinski definition) is 0. The summed E-state index contributed by atoms with van der Waals surface area (Å²) in [6, 6.07) is 14.8. The zero-order valence-electron chi connectivity index (χ0n) is 17.2. The van der Waals surface area contributed by atoms with Crippen LogP contribution < -0.4 is 10.5 Å². The van der Waals surface area contributed by atoms with E-state index in [-0.39, 0.29) is 11.5 Å². The monoisotopic (exact) mass is 403 g/mol. The standard InChI is InChI=1S/C23H25N5O2/c1-17(2)18-5-7-20(8-6-18)28-22(29)10-9-21(25-28)26-12-14-27(15-13-26)23(30)19-4-3-11-24-16-19/h3-11,16-17H,12-15H2,1-2H3. The van der Waals surface area contributed by atoms with E-state index in [0.29, 0.717) is 37.7 Å². The van der Waals surface area contributed by atoms with Crippen molar-refractivity contribution in [2.45, 2.75) is 19.8 Å². The van der Waals surface area contributed by atoms with Crippen LogP contribution in [0.1, 0.15) is 35.7 Å². The smallest absolute Gasteiger partial charge is 0.271 e. The molecule has 1 aromatic carbocycles. The fraction of sp³-hybridized carbons (Fsp3) is 0.304. The van der Waals surface area contributed by atoms with Gasteiger partial charge in [0.15, 0.2) is 0 Å². The average Bonchev–Trinajstić information content (AvgIpc) is 2.80. The van der Waals surface area contributed by atoms with Crippen molar-refractivity contribution in [1.29, 1.82) is 0 Å². The van der Waals surface area contributed by atoms with Crippen LogP contribution in [0.5, 0.6) is 0 Å². The summed E-state index contributed by atoms with van der Waals surface area (Å²) < 4.78 is 1.44. The van der Waals surface area contributed by atoms with Gasteiger partial charge in [0.05, 0.1) is 11.3 Å². The topological polar surface area (TPSA) is 71.3 Å². The first-order valence-corrected chi connectivity index (χ1v) is 10.2. The molecule has 0 bridgehead atoms. The van der Waals surface area contributed by atoms with Crippen molar-refractivity contribution >= 4 is 11.7 Å². The highest BCUT2D eigenvalue weighted by Gasteiger charge is 2.23. The maximum Gasteiger partial charge on any atom is 0.271 e. The molecule has 7 heteroatoms. The van der Waals surface area contributed by atoms with E-state index in [1.807, 2.05) is 29.2 Å². The predicted octanol–water partition coefficient (Wildman–Crippen LogP) is 2.71. The molecular formula is C23H25N5O2. The minimum absolute atomic E-state index is 0.00841. The van der Waals surface area contributed by atoms with Crippen LogP contribution in [0.4, 0.5) is 5.82 Å². The summed E-state index contributed by atoms with van der Waals surface area (Å²) in [7, 11) is 0. The van der Waals surface area contributed by atoms with Gasteiger partial charge >= 0.3 is 0 Å². The lowest BCUT2D eigenvalue weighted by Gasteiger charge is -2.35. The summed E-state index contributed by atoms with van der Waals surface area (Å²) in [5.74, 6) is 1.16. The minimum Gasteiger partial charge on any atom is -0.352 e. The van der Waals surface area contributed by atoms with E-state index in [1.54, 1.807) is 36.7 Å². The molecule has 0 N–H and O–H groups in total. The van der Waals surface area contributed by atoms with Crippen LogP contribution in [0, 0.1) is 0 Å². The van der Waals surface area contributed by atoms with Crippen LogP contribution in [0.2, 0.25) is 0 Å². The molecule has 30 heavy (non-hydrogen) atoms. The van der Waals surface area contributed by atoms with Gasteiger partial charge in [-0.25, -0.2) is 0 Å². The largest absolute Gasteiger partial charge is 0.352 e. The van der Waals surface area contributed by atoms with Gasteiger partial charge in [-0.2, -0.15) is 4.68 Å². The SMILES string of the molecule is CC(C)c1ccc(-n2nc(N3CCN(C(=O)c4cccnc4)CC3)ccc2=O)cc1. The Balaban J connectivity index is 1.49. The molecule has 3 heterocycles. The predicted molar refractivity (Wildman–Crippen MR) is 116 cm³/mol. The first-order chi connectivity index (χ1) is 14.5. The maximum atomic E-state index is 12.6. The zero-order valence-corrected chi connectivity index (χ0v) is 17.2. The van der Waals surface area contributed by atoms with E-state index in [0.717, 1.165) is 11.5 Å². The summed E-state index contributed by atoms with van der Waals surface area (Å²) >= 11 is 0. The number of amides is 1. The van der Waals surface area contributed by atoms with Gasteiger partial charge in [0, 0.05) is 44.6 Å². The molecule has 154 valence electrons. The van der Waals surface area contributed by atoms with Crippen LogP contribution in [-0.4, -0.2) is 51.8 Å². The summed E-state index contributed by atoms with van der Waals surface area (Å²) in [4.78, 5) is 33.0. The van der Waals surface area contributed by atoms with Crippen molar-refractivity contribution in [3.8, 4) is 5.69 Å². The molecule has 7 nitrogen and oxygen atoms in total. The minimum atomic E-state index is -0.165. The van der Waals surface area contributed by atoms with Gasteiger partial charge < -0.3 is 9.80 Å². The molecule has 0 saturated carbocycles. The Kier molecular flexibility index (Phi) is 5.61. The van der Waals surface area contributed by atoms with Crippen LogP contribution in [0.3, 0.4) is 0 Å².